The van der Waals surface area contributed by atoms with Gasteiger partial charge in [-0.3, -0.25) is 14.3 Å². The third-order valence-electron chi connectivity index (χ3n) is 7.47. The minimum Gasteiger partial charge on any atom is -0.485 e. The second kappa shape index (κ2) is 11.9. The summed E-state index contributed by atoms with van der Waals surface area (Å²) in [6, 6.07) is 18.4. The number of rotatable bonds is 7. The number of anilines is 2. The summed E-state index contributed by atoms with van der Waals surface area (Å²) in [7, 11) is 1.70. The number of aromatic nitrogens is 4. The van der Waals surface area contributed by atoms with Crippen LogP contribution in [0.2, 0.25) is 5.02 Å². The van der Waals surface area contributed by atoms with Crippen LogP contribution in [0.15, 0.2) is 77.7 Å². The molecular weight excluding hydrogens is 587 g/mol. The van der Waals surface area contributed by atoms with E-state index in [1.54, 1.807) is 85.4 Å². The van der Waals surface area contributed by atoms with Gasteiger partial charge in [-0.05, 0) is 49.4 Å². The molecule has 1 atom stereocenters. The molecule has 3 N–H and O–H groups in total. The summed E-state index contributed by atoms with van der Waals surface area (Å²) in [4.78, 5) is 35.4. The van der Waals surface area contributed by atoms with Crippen molar-refractivity contribution < 1.29 is 18.7 Å². The van der Waals surface area contributed by atoms with Gasteiger partial charge >= 0.3 is 0 Å². The molecule has 10 nitrogen and oxygen atoms in total. The Morgan fingerprint density at radius 3 is 2.66 bits per heavy atom. The maximum absolute atomic E-state index is 15.4. The van der Waals surface area contributed by atoms with Gasteiger partial charge in [0.25, 0.3) is 11.5 Å². The monoisotopic (exact) mass is 614 g/mol. The van der Waals surface area contributed by atoms with Crippen LogP contribution in [0.5, 0.6) is 5.75 Å². The van der Waals surface area contributed by atoms with Crippen molar-refractivity contribution in [3.05, 3.63) is 105 Å². The standard InChI is InChI=1S/C32H28ClFN6O4/c1-18-27(32(42)40(39(18)2)22-6-3-5-20(33)15-22)31(41)37-21-11-9-19(10-12-21)29-30(35)36-16-25(38-29)24-7-4-8-26(28(24)34)44-23-13-14-43-17-23/h3-12,15-16,23H,13-14,17H2,1-2H3,(H2,35,36)(H,37,41). The Hall–Kier alpha value is -5.00. The second-order valence-corrected chi connectivity index (χ2v) is 10.8. The summed E-state index contributed by atoms with van der Waals surface area (Å²) in [6.07, 6.45) is 1.89. The third-order valence-corrected chi connectivity index (χ3v) is 7.71. The van der Waals surface area contributed by atoms with Gasteiger partial charge in [0.2, 0.25) is 0 Å². The molecule has 5 aromatic rings. The number of hydrogen-bond donors (Lipinski definition) is 2. The number of ether oxygens (including phenoxy) is 2. The molecule has 1 saturated heterocycles. The van der Waals surface area contributed by atoms with Gasteiger partial charge in [0.15, 0.2) is 11.6 Å². The van der Waals surface area contributed by atoms with Crippen molar-refractivity contribution in [2.75, 3.05) is 24.3 Å². The summed E-state index contributed by atoms with van der Waals surface area (Å²) in [5, 5.41) is 3.26. The summed E-state index contributed by atoms with van der Waals surface area (Å²) < 4.78 is 29.5. The van der Waals surface area contributed by atoms with Crippen molar-refractivity contribution in [1.29, 1.82) is 0 Å². The summed E-state index contributed by atoms with van der Waals surface area (Å²) in [5.74, 6) is -0.832. The summed E-state index contributed by atoms with van der Waals surface area (Å²) in [6.45, 7) is 2.69. The lowest BCUT2D eigenvalue weighted by Crippen LogP contribution is -2.25. The molecule has 1 unspecified atom stereocenters. The van der Waals surface area contributed by atoms with Crippen molar-refractivity contribution in [2.24, 2.45) is 7.05 Å². The van der Waals surface area contributed by atoms with Gasteiger partial charge < -0.3 is 20.5 Å². The van der Waals surface area contributed by atoms with Gasteiger partial charge in [-0.25, -0.2) is 19.0 Å². The van der Waals surface area contributed by atoms with Crippen LogP contribution in [0.25, 0.3) is 28.2 Å². The van der Waals surface area contributed by atoms with Crippen LogP contribution in [-0.4, -0.2) is 44.6 Å². The van der Waals surface area contributed by atoms with E-state index in [0.29, 0.717) is 53.0 Å². The molecule has 0 bridgehead atoms. The Balaban J connectivity index is 1.24. The number of carbonyl (C=O) groups excluding carboxylic acids is 1. The smallest absolute Gasteiger partial charge is 0.284 e. The molecular formula is C32H28ClFN6O4. The van der Waals surface area contributed by atoms with Gasteiger partial charge in [0, 0.05) is 35.3 Å². The topological polar surface area (TPSA) is 126 Å². The van der Waals surface area contributed by atoms with Crippen molar-refractivity contribution in [1.82, 2.24) is 19.3 Å². The fourth-order valence-corrected chi connectivity index (χ4v) is 5.28. The summed E-state index contributed by atoms with van der Waals surface area (Å²) in [5.41, 5.74) is 8.62. The van der Waals surface area contributed by atoms with Crippen LogP contribution in [0, 0.1) is 12.7 Å². The van der Waals surface area contributed by atoms with Crippen molar-refractivity contribution >= 4 is 29.0 Å². The third kappa shape index (κ3) is 5.54. The molecule has 6 rings (SSSR count). The van der Waals surface area contributed by atoms with E-state index < -0.39 is 17.3 Å². The van der Waals surface area contributed by atoms with Gasteiger partial charge in [-0.15, -0.1) is 0 Å². The van der Waals surface area contributed by atoms with E-state index in [2.05, 4.69) is 15.3 Å². The molecule has 2 aromatic heterocycles. The number of carbonyl (C=O) groups is 1. The Morgan fingerprint density at radius 2 is 1.93 bits per heavy atom. The molecule has 0 aliphatic carbocycles. The molecule has 0 radical (unpaired) electrons. The minimum absolute atomic E-state index is 0.00746. The number of nitrogens with one attached hydrogen (secondary N) is 1. The minimum atomic E-state index is -0.556. The number of benzene rings is 3. The van der Waals surface area contributed by atoms with Crippen LogP contribution in [0.1, 0.15) is 22.5 Å². The summed E-state index contributed by atoms with van der Waals surface area (Å²) >= 11 is 6.12. The second-order valence-electron chi connectivity index (χ2n) is 10.3. The SMILES string of the molecule is Cc1c(C(=O)Nc2ccc(-c3nc(-c4cccc(OC5CCOC5)c4F)cnc3N)cc2)c(=O)n(-c2cccc(Cl)c2)n1C. The Morgan fingerprint density at radius 1 is 1.16 bits per heavy atom. The number of nitrogens with zero attached hydrogens (tertiary/aromatic N) is 4. The lowest BCUT2D eigenvalue weighted by molar-refractivity contribution is 0.102. The Labute approximate surface area is 256 Å². The Bertz CT molecular complexity index is 1930. The molecule has 224 valence electrons. The highest BCUT2D eigenvalue weighted by molar-refractivity contribution is 6.30. The molecule has 1 amide bonds. The fraction of sp³-hybridized carbons (Fsp3) is 0.188. The van der Waals surface area contributed by atoms with E-state index in [-0.39, 0.29) is 34.5 Å². The maximum atomic E-state index is 15.4. The van der Waals surface area contributed by atoms with E-state index in [1.165, 1.54) is 10.9 Å². The van der Waals surface area contributed by atoms with Gasteiger partial charge in [-0.2, -0.15) is 0 Å². The number of hydrogen-bond acceptors (Lipinski definition) is 7. The maximum Gasteiger partial charge on any atom is 0.284 e. The van der Waals surface area contributed by atoms with Crippen LogP contribution < -0.4 is 21.3 Å². The predicted molar refractivity (Wildman–Crippen MR) is 166 cm³/mol. The number of amides is 1. The van der Waals surface area contributed by atoms with E-state index in [1.807, 2.05) is 0 Å². The number of halogens is 2. The molecule has 12 heteroatoms. The lowest BCUT2D eigenvalue weighted by Gasteiger charge is -2.14. The highest BCUT2D eigenvalue weighted by Crippen LogP contribution is 2.32. The average molecular weight is 615 g/mol. The number of nitrogen functional groups attached to an aromatic ring is 1. The van der Waals surface area contributed by atoms with Gasteiger partial charge in [0.1, 0.15) is 23.2 Å². The average Bonchev–Trinajstić information content (AvgIpc) is 3.60. The van der Waals surface area contributed by atoms with Crippen LogP contribution >= 0.6 is 11.6 Å². The van der Waals surface area contributed by atoms with E-state index in [0.717, 1.165) is 0 Å². The van der Waals surface area contributed by atoms with Crippen LogP contribution in [0.4, 0.5) is 15.9 Å². The molecule has 1 fully saturated rings. The zero-order valence-corrected chi connectivity index (χ0v) is 24.6. The zero-order chi connectivity index (χ0) is 31.0. The molecule has 1 aliphatic rings. The number of nitrogens with two attached hydrogens (primary N) is 1. The first-order valence-electron chi connectivity index (χ1n) is 13.8. The normalized spacial score (nSPS) is 14.5. The molecule has 44 heavy (non-hydrogen) atoms. The lowest BCUT2D eigenvalue weighted by atomic mass is 10.1. The quantitative estimate of drug-likeness (QED) is 0.251. The van der Waals surface area contributed by atoms with Crippen molar-refractivity contribution in [3.63, 3.8) is 0 Å². The predicted octanol–water partition coefficient (Wildman–Crippen LogP) is 5.40. The fourth-order valence-electron chi connectivity index (χ4n) is 5.10. The first-order chi connectivity index (χ1) is 21.2. The van der Waals surface area contributed by atoms with E-state index >= 15 is 4.39 Å². The van der Waals surface area contributed by atoms with Crippen molar-refractivity contribution in [3.8, 4) is 34.0 Å². The highest BCUT2D eigenvalue weighted by atomic mass is 35.5. The molecule has 0 saturated carbocycles. The largest absolute Gasteiger partial charge is 0.485 e. The Kier molecular flexibility index (Phi) is 7.90. The first-order valence-corrected chi connectivity index (χ1v) is 14.2. The zero-order valence-electron chi connectivity index (χ0n) is 23.9. The molecule has 3 aromatic carbocycles. The van der Waals surface area contributed by atoms with Crippen molar-refractivity contribution in [2.45, 2.75) is 19.4 Å². The molecule has 1 aliphatic heterocycles. The highest BCUT2D eigenvalue weighted by Gasteiger charge is 2.23. The van der Waals surface area contributed by atoms with Gasteiger partial charge in [0.05, 0.1) is 36.5 Å². The molecule has 3 heterocycles. The van der Waals surface area contributed by atoms with Gasteiger partial charge in [-0.1, -0.05) is 35.9 Å². The van der Waals surface area contributed by atoms with Crippen LogP contribution in [-0.2, 0) is 11.8 Å². The van der Waals surface area contributed by atoms with Crippen LogP contribution in [0.3, 0.4) is 0 Å². The van der Waals surface area contributed by atoms with E-state index in [4.69, 9.17) is 26.8 Å². The molecule has 0 spiro atoms. The first kappa shape index (κ1) is 29.1. The van der Waals surface area contributed by atoms with E-state index in [9.17, 15) is 9.59 Å².